The first-order valence-electron chi connectivity index (χ1n) is 7.12. The van der Waals surface area contributed by atoms with Crippen LogP contribution in [-0.4, -0.2) is 18.1 Å². The molecule has 0 aromatic heterocycles. The number of esters is 1. The Labute approximate surface area is 115 Å². The Bertz CT molecular complexity index is 418. The molecule has 0 saturated heterocycles. The molecule has 3 nitrogen and oxygen atoms in total. The second-order valence-corrected chi connectivity index (χ2v) is 5.49. The smallest absolute Gasteiger partial charge is 0.326 e. The summed E-state index contributed by atoms with van der Waals surface area (Å²) in [7, 11) is 0. The molecule has 19 heavy (non-hydrogen) atoms. The third-order valence-electron chi connectivity index (χ3n) is 3.90. The molecule has 0 radical (unpaired) electrons. The lowest BCUT2D eigenvalue weighted by Crippen LogP contribution is -2.50. The van der Waals surface area contributed by atoms with Crippen LogP contribution in [-0.2, 0) is 16.1 Å². The standard InChI is InChI=1S/C16H23NO2/c1-3-19-15(18)16(10-9-13(2)11-16)17-12-14-7-5-4-6-8-14/h4-8,13,17H,3,9-12H2,1-2H3. The zero-order valence-corrected chi connectivity index (χ0v) is 11.8. The first-order chi connectivity index (χ1) is 9.16. The van der Waals surface area contributed by atoms with Gasteiger partial charge in [-0.2, -0.15) is 0 Å². The van der Waals surface area contributed by atoms with Gasteiger partial charge in [0.25, 0.3) is 0 Å². The van der Waals surface area contributed by atoms with Crippen molar-refractivity contribution in [3.63, 3.8) is 0 Å². The summed E-state index contributed by atoms with van der Waals surface area (Å²) < 4.78 is 5.26. The third-order valence-corrected chi connectivity index (χ3v) is 3.90. The van der Waals surface area contributed by atoms with Gasteiger partial charge in [-0.15, -0.1) is 0 Å². The molecule has 1 aromatic rings. The van der Waals surface area contributed by atoms with Gasteiger partial charge in [0.15, 0.2) is 0 Å². The quantitative estimate of drug-likeness (QED) is 0.828. The average Bonchev–Trinajstić information content (AvgIpc) is 2.81. The van der Waals surface area contributed by atoms with Gasteiger partial charge in [-0.05, 0) is 37.7 Å². The van der Waals surface area contributed by atoms with Crippen molar-refractivity contribution in [1.82, 2.24) is 5.32 Å². The molecule has 0 bridgehead atoms. The minimum Gasteiger partial charge on any atom is -0.465 e. The van der Waals surface area contributed by atoms with E-state index in [9.17, 15) is 4.79 Å². The van der Waals surface area contributed by atoms with Crippen molar-refractivity contribution in [3.8, 4) is 0 Å². The maximum atomic E-state index is 12.2. The second-order valence-electron chi connectivity index (χ2n) is 5.49. The van der Waals surface area contributed by atoms with Gasteiger partial charge < -0.3 is 4.74 Å². The largest absolute Gasteiger partial charge is 0.465 e. The molecule has 104 valence electrons. The highest BCUT2D eigenvalue weighted by Crippen LogP contribution is 2.35. The zero-order valence-electron chi connectivity index (χ0n) is 11.8. The van der Waals surface area contributed by atoms with Crippen LogP contribution >= 0.6 is 0 Å². The summed E-state index contributed by atoms with van der Waals surface area (Å²) in [5.41, 5.74) is 0.719. The maximum Gasteiger partial charge on any atom is 0.326 e. The molecule has 1 saturated carbocycles. The second kappa shape index (κ2) is 6.20. The summed E-state index contributed by atoms with van der Waals surface area (Å²) in [4.78, 5) is 12.2. The van der Waals surface area contributed by atoms with Crippen molar-refractivity contribution < 1.29 is 9.53 Å². The van der Waals surface area contributed by atoms with E-state index >= 15 is 0 Å². The van der Waals surface area contributed by atoms with Crippen LogP contribution in [0.2, 0.25) is 0 Å². The molecule has 2 atom stereocenters. The van der Waals surface area contributed by atoms with Crippen LogP contribution in [0.3, 0.4) is 0 Å². The van der Waals surface area contributed by atoms with E-state index in [-0.39, 0.29) is 5.97 Å². The minimum atomic E-state index is -0.481. The molecule has 2 unspecified atom stereocenters. The molecular formula is C16H23NO2. The van der Waals surface area contributed by atoms with Gasteiger partial charge in [-0.3, -0.25) is 10.1 Å². The summed E-state index contributed by atoms with van der Waals surface area (Å²) >= 11 is 0. The van der Waals surface area contributed by atoms with E-state index in [0.717, 1.165) is 19.3 Å². The Morgan fingerprint density at radius 1 is 1.42 bits per heavy atom. The Hall–Kier alpha value is -1.35. The van der Waals surface area contributed by atoms with Gasteiger partial charge in [-0.25, -0.2) is 0 Å². The molecule has 3 heteroatoms. The molecule has 1 fully saturated rings. The topological polar surface area (TPSA) is 38.3 Å². The lowest BCUT2D eigenvalue weighted by molar-refractivity contribution is -0.151. The molecule has 1 N–H and O–H groups in total. The first-order valence-corrected chi connectivity index (χ1v) is 7.12. The van der Waals surface area contributed by atoms with Crippen molar-refractivity contribution in [3.05, 3.63) is 35.9 Å². The Morgan fingerprint density at radius 2 is 2.16 bits per heavy atom. The van der Waals surface area contributed by atoms with Gasteiger partial charge in [0.2, 0.25) is 0 Å². The monoisotopic (exact) mass is 261 g/mol. The van der Waals surface area contributed by atoms with E-state index < -0.39 is 5.54 Å². The van der Waals surface area contributed by atoms with Crippen molar-refractivity contribution in [2.75, 3.05) is 6.61 Å². The van der Waals surface area contributed by atoms with Crippen molar-refractivity contribution >= 4 is 5.97 Å². The Morgan fingerprint density at radius 3 is 2.74 bits per heavy atom. The fraction of sp³-hybridized carbons (Fsp3) is 0.562. The Kier molecular flexibility index (Phi) is 4.59. The number of carbonyl (C=O) groups excluding carboxylic acids is 1. The van der Waals surface area contributed by atoms with Crippen LogP contribution in [0.15, 0.2) is 30.3 Å². The Balaban J connectivity index is 2.04. The predicted molar refractivity (Wildman–Crippen MR) is 75.7 cm³/mol. The van der Waals surface area contributed by atoms with E-state index in [0.29, 0.717) is 19.1 Å². The van der Waals surface area contributed by atoms with Gasteiger partial charge >= 0.3 is 5.97 Å². The van der Waals surface area contributed by atoms with Crippen molar-refractivity contribution in [2.24, 2.45) is 5.92 Å². The molecule has 1 aliphatic rings. The predicted octanol–water partition coefficient (Wildman–Crippen LogP) is 2.90. The lowest BCUT2D eigenvalue weighted by atomic mass is 9.95. The summed E-state index contributed by atoms with van der Waals surface area (Å²) in [6, 6.07) is 10.2. The van der Waals surface area contributed by atoms with Crippen LogP contribution in [0.5, 0.6) is 0 Å². The number of hydrogen-bond donors (Lipinski definition) is 1. The number of rotatable bonds is 5. The fourth-order valence-corrected chi connectivity index (χ4v) is 2.85. The molecule has 1 aliphatic carbocycles. The molecule has 0 spiro atoms. The van der Waals surface area contributed by atoms with Crippen molar-refractivity contribution in [2.45, 2.75) is 45.2 Å². The van der Waals surface area contributed by atoms with Crippen LogP contribution in [0.4, 0.5) is 0 Å². The zero-order chi connectivity index (χ0) is 13.7. The van der Waals surface area contributed by atoms with E-state index in [1.807, 2.05) is 25.1 Å². The highest BCUT2D eigenvalue weighted by molar-refractivity contribution is 5.81. The highest BCUT2D eigenvalue weighted by atomic mass is 16.5. The average molecular weight is 261 g/mol. The molecule has 0 aliphatic heterocycles. The maximum absolute atomic E-state index is 12.2. The number of benzene rings is 1. The summed E-state index contributed by atoms with van der Waals surface area (Å²) in [5, 5.41) is 3.45. The van der Waals surface area contributed by atoms with Gasteiger partial charge in [0, 0.05) is 6.54 Å². The highest BCUT2D eigenvalue weighted by Gasteiger charge is 2.44. The van der Waals surface area contributed by atoms with Gasteiger partial charge in [0.05, 0.1) is 6.61 Å². The number of nitrogens with one attached hydrogen (secondary N) is 1. The van der Waals surface area contributed by atoms with Crippen LogP contribution in [0.25, 0.3) is 0 Å². The number of carbonyl (C=O) groups is 1. The van der Waals surface area contributed by atoms with Crippen molar-refractivity contribution in [1.29, 1.82) is 0 Å². The van der Waals surface area contributed by atoms with E-state index in [1.165, 1.54) is 5.56 Å². The van der Waals surface area contributed by atoms with Gasteiger partial charge in [-0.1, -0.05) is 37.3 Å². The molecule has 0 amide bonds. The normalized spacial score (nSPS) is 26.3. The molecular weight excluding hydrogens is 238 g/mol. The van der Waals surface area contributed by atoms with Crippen LogP contribution in [0, 0.1) is 5.92 Å². The summed E-state index contributed by atoms with van der Waals surface area (Å²) in [6.45, 7) is 5.22. The molecule has 1 aromatic carbocycles. The van der Waals surface area contributed by atoms with E-state index in [1.54, 1.807) is 0 Å². The van der Waals surface area contributed by atoms with Gasteiger partial charge in [0.1, 0.15) is 5.54 Å². The fourth-order valence-electron chi connectivity index (χ4n) is 2.85. The summed E-state index contributed by atoms with van der Waals surface area (Å²) in [6.07, 6.45) is 2.83. The lowest BCUT2D eigenvalue weighted by Gasteiger charge is -2.28. The van der Waals surface area contributed by atoms with E-state index in [4.69, 9.17) is 4.74 Å². The molecule has 0 heterocycles. The van der Waals surface area contributed by atoms with E-state index in [2.05, 4.69) is 24.4 Å². The SMILES string of the molecule is CCOC(=O)C1(NCc2ccccc2)CCC(C)C1. The van der Waals surface area contributed by atoms with Crippen LogP contribution < -0.4 is 5.32 Å². The first kappa shape index (κ1) is 14.1. The molecule has 2 rings (SSSR count). The number of ether oxygens (including phenoxy) is 1. The minimum absolute atomic E-state index is 0.0877. The third kappa shape index (κ3) is 3.35. The number of hydrogen-bond acceptors (Lipinski definition) is 3. The summed E-state index contributed by atoms with van der Waals surface area (Å²) in [5.74, 6) is 0.489. The van der Waals surface area contributed by atoms with Crippen LogP contribution in [0.1, 0.15) is 38.7 Å².